The molecule has 2 N–H and O–H groups in total. The molecule has 114 valence electrons. The maximum atomic E-state index is 9.17. The lowest BCUT2D eigenvalue weighted by Gasteiger charge is -2.26. The molecule has 3 aromatic rings. The van der Waals surface area contributed by atoms with E-state index in [4.69, 9.17) is 21.6 Å². The molecule has 0 amide bonds. The third-order valence-corrected chi connectivity index (χ3v) is 4.19. The Hall–Kier alpha value is -2.71. The van der Waals surface area contributed by atoms with E-state index in [1.165, 1.54) is 0 Å². The predicted octanol–water partition coefficient (Wildman–Crippen LogP) is 4.02. The van der Waals surface area contributed by atoms with Crippen molar-refractivity contribution < 1.29 is 4.74 Å². The molecule has 1 unspecified atom stereocenters. The van der Waals surface area contributed by atoms with Crippen LogP contribution in [0.5, 0.6) is 5.75 Å². The van der Waals surface area contributed by atoms with Crippen LogP contribution in [0.4, 0.5) is 5.95 Å². The topological polar surface area (TPSA) is 73.7 Å². The predicted molar refractivity (Wildman–Crippen MR) is 88.7 cm³/mol. The molecule has 4 rings (SSSR count). The van der Waals surface area contributed by atoms with Gasteiger partial charge in [0.2, 0.25) is 5.95 Å². The number of rotatable bonds is 2. The average Bonchev–Trinajstić information content (AvgIpc) is 2.97. The highest BCUT2D eigenvalue weighted by Gasteiger charge is 2.22. The second kappa shape index (κ2) is 5.49. The van der Waals surface area contributed by atoms with Gasteiger partial charge < -0.3 is 15.0 Å². The zero-order valence-corrected chi connectivity index (χ0v) is 12.9. The number of nitrogens with one attached hydrogen (secondary N) is 2. The van der Waals surface area contributed by atoms with Crippen LogP contribution < -0.4 is 10.1 Å². The van der Waals surface area contributed by atoms with Gasteiger partial charge in [-0.15, -0.1) is 0 Å². The zero-order valence-electron chi connectivity index (χ0n) is 12.1. The van der Waals surface area contributed by atoms with Crippen molar-refractivity contribution in [3.63, 3.8) is 0 Å². The van der Waals surface area contributed by atoms with Gasteiger partial charge in [0.05, 0.1) is 23.7 Å². The molecule has 0 saturated heterocycles. The van der Waals surface area contributed by atoms with Crippen molar-refractivity contribution in [2.45, 2.75) is 12.5 Å². The molecule has 1 atom stereocenters. The normalized spacial score (nSPS) is 16.4. The molecule has 1 aliphatic heterocycles. The van der Waals surface area contributed by atoms with Gasteiger partial charge in [-0.2, -0.15) is 5.26 Å². The molecule has 0 radical (unpaired) electrons. The van der Waals surface area contributed by atoms with Gasteiger partial charge in [-0.3, -0.25) is 0 Å². The third-order valence-electron chi connectivity index (χ3n) is 3.96. The van der Waals surface area contributed by atoms with Crippen LogP contribution >= 0.6 is 11.6 Å². The molecular weight excluding hydrogens is 312 g/mol. The minimum atomic E-state index is 0.0853. The van der Waals surface area contributed by atoms with Crippen LogP contribution in [0, 0.1) is 11.3 Å². The number of fused-ring (bicyclic) bond motifs is 2. The van der Waals surface area contributed by atoms with Gasteiger partial charge in [0.1, 0.15) is 17.3 Å². The molecule has 1 aromatic heterocycles. The Morgan fingerprint density at radius 3 is 3.13 bits per heavy atom. The number of aromatic amines is 1. The SMILES string of the molecule is N#Cc1cccc2[nH]c(NC3CCOc4cc(Cl)ccc43)nc12. The second-order valence-electron chi connectivity index (χ2n) is 5.42. The lowest BCUT2D eigenvalue weighted by molar-refractivity contribution is 0.274. The first-order valence-electron chi connectivity index (χ1n) is 7.32. The summed E-state index contributed by atoms with van der Waals surface area (Å²) in [7, 11) is 0. The largest absolute Gasteiger partial charge is 0.493 e. The van der Waals surface area contributed by atoms with E-state index in [-0.39, 0.29) is 6.04 Å². The number of para-hydroxylation sites is 1. The molecule has 1 aliphatic rings. The van der Waals surface area contributed by atoms with E-state index >= 15 is 0 Å². The number of nitriles is 1. The van der Waals surface area contributed by atoms with E-state index in [1.807, 2.05) is 30.3 Å². The molecular formula is C17H13ClN4O. The number of anilines is 1. The summed E-state index contributed by atoms with van der Waals surface area (Å²) in [5, 5.41) is 13.2. The molecule has 0 aliphatic carbocycles. The number of benzene rings is 2. The Kier molecular flexibility index (Phi) is 3.32. The maximum Gasteiger partial charge on any atom is 0.201 e. The number of nitrogens with zero attached hydrogens (tertiary/aromatic N) is 2. The van der Waals surface area contributed by atoms with Gasteiger partial charge in [-0.05, 0) is 24.3 Å². The average molecular weight is 325 g/mol. The first kappa shape index (κ1) is 13.9. The van der Waals surface area contributed by atoms with Gasteiger partial charge >= 0.3 is 0 Å². The highest BCUT2D eigenvalue weighted by molar-refractivity contribution is 6.30. The van der Waals surface area contributed by atoms with Crippen molar-refractivity contribution in [2.75, 3.05) is 11.9 Å². The number of imidazole rings is 1. The Balaban J connectivity index is 1.68. The minimum Gasteiger partial charge on any atom is -0.493 e. The van der Waals surface area contributed by atoms with Crippen molar-refractivity contribution in [3.8, 4) is 11.8 Å². The summed E-state index contributed by atoms with van der Waals surface area (Å²) in [5.74, 6) is 1.45. The zero-order chi connectivity index (χ0) is 15.8. The van der Waals surface area contributed by atoms with Crippen LogP contribution in [-0.4, -0.2) is 16.6 Å². The molecule has 2 aromatic carbocycles. The Morgan fingerprint density at radius 2 is 2.26 bits per heavy atom. The monoisotopic (exact) mass is 324 g/mol. The highest BCUT2D eigenvalue weighted by Crippen LogP contribution is 2.35. The molecule has 23 heavy (non-hydrogen) atoms. The van der Waals surface area contributed by atoms with Crippen molar-refractivity contribution in [1.82, 2.24) is 9.97 Å². The molecule has 2 heterocycles. The fraction of sp³-hybridized carbons (Fsp3) is 0.176. The lowest BCUT2D eigenvalue weighted by Crippen LogP contribution is -2.20. The van der Waals surface area contributed by atoms with Crippen LogP contribution in [0.25, 0.3) is 11.0 Å². The summed E-state index contributed by atoms with van der Waals surface area (Å²) in [6.45, 7) is 0.620. The first-order chi connectivity index (χ1) is 11.2. The van der Waals surface area contributed by atoms with E-state index in [9.17, 15) is 0 Å². The van der Waals surface area contributed by atoms with Gasteiger partial charge in [-0.1, -0.05) is 23.7 Å². The number of aromatic nitrogens is 2. The van der Waals surface area contributed by atoms with Crippen molar-refractivity contribution in [2.24, 2.45) is 0 Å². The fourth-order valence-electron chi connectivity index (χ4n) is 2.87. The summed E-state index contributed by atoms with van der Waals surface area (Å²) in [4.78, 5) is 7.73. The van der Waals surface area contributed by atoms with Gasteiger partial charge in [-0.25, -0.2) is 4.98 Å². The summed E-state index contributed by atoms with van der Waals surface area (Å²) in [5.41, 5.74) is 3.14. The molecule has 0 bridgehead atoms. The van der Waals surface area contributed by atoms with Gasteiger partial charge in [0, 0.05) is 17.0 Å². The first-order valence-corrected chi connectivity index (χ1v) is 7.70. The van der Waals surface area contributed by atoms with E-state index < -0.39 is 0 Å². The highest BCUT2D eigenvalue weighted by atomic mass is 35.5. The van der Waals surface area contributed by atoms with Gasteiger partial charge in [0.15, 0.2) is 0 Å². The lowest BCUT2D eigenvalue weighted by atomic mass is 10.0. The molecule has 0 spiro atoms. The van der Waals surface area contributed by atoms with Crippen molar-refractivity contribution in [3.05, 3.63) is 52.5 Å². The fourth-order valence-corrected chi connectivity index (χ4v) is 3.03. The summed E-state index contributed by atoms with van der Waals surface area (Å²) in [6.07, 6.45) is 0.830. The number of H-pyrrole nitrogens is 1. The number of hydrogen-bond acceptors (Lipinski definition) is 4. The smallest absolute Gasteiger partial charge is 0.201 e. The maximum absolute atomic E-state index is 9.17. The summed E-state index contributed by atoms with van der Waals surface area (Å²) < 4.78 is 5.67. The van der Waals surface area contributed by atoms with E-state index in [2.05, 4.69) is 21.4 Å². The van der Waals surface area contributed by atoms with Crippen LogP contribution in [0.2, 0.25) is 5.02 Å². The minimum absolute atomic E-state index is 0.0853. The molecule has 0 saturated carbocycles. The quantitative estimate of drug-likeness (QED) is 0.746. The van der Waals surface area contributed by atoms with Crippen molar-refractivity contribution in [1.29, 1.82) is 5.26 Å². The van der Waals surface area contributed by atoms with Crippen LogP contribution in [0.1, 0.15) is 23.6 Å². The van der Waals surface area contributed by atoms with Crippen LogP contribution in [0.3, 0.4) is 0 Å². The van der Waals surface area contributed by atoms with E-state index in [0.29, 0.717) is 28.7 Å². The number of hydrogen-bond donors (Lipinski definition) is 2. The molecule has 6 heteroatoms. The van der Waals surface area contributed by atoms with Crippen LogP contribution in [-0.2, 0) is 0 Å². The second-order valence-corrected chi connectivity index (χ2v) is 5.85. The summed E-state index contributed by atoms with van der Waals surface area (Å²) >= 11 is 6.02. The van der Waals surface area contributed by atoms with Crippen LogP contribution in [0.15, 0.2) is 36.4 Å². The molecule has 0 fully saturated rings. The van der Waals surface area contributed by atoms with E-state index in [1.54, 1.807) is 6.07 Å². The Bertz CT molecular complexity index is 928. The van der Waals surface area contributed by atoms with E-state index in [0.717, 1.165) is 23.3 Å². The van der Waals surface area contributed by atoms with Crippen molar-refractivity contribution >= 4 is 28.6 Å². The van der Waals surface area contributed by atoms with Gasteiger partial charge in [0.25, 0.3) is 0 Å². The summed E-state index contributed by atoms with van der Waals surface area (Å²) in [6, 6.07) is 13.4. The molecule has 5 nitrogen and oxygen atoms in total. The third kappa shape index (κ3) is 2.47. The Labute approximate surface area is 137 Å². The standard InChI is InChI=1S/C17H13ClN4O/c18-11-4-5-12-13(6-7-23-15(12)8-11)20-17-21-14-3-1-2-10(9-19)16(14)22-17/h1-5,8,13H,6-7H2,(H2,20,21,22). The number of ether oxygens (including phenoxy) is 1. The number of halogens is 1. The Morgan fingerprint density at radius 1 is 1.35 bits per heavy atom.